The molecule has 4 rings (SSSR count). The molecule has 0 aliphatic carbocycles. The first-order valence-electron chi connectivity index (χ1n) is 9.87. The first-order valence-corrected chi connectivity index (χ1v) is 10.2. The molecule has 0 fully saturated rings. The molecule has 31 heavy (non-hydrogen) atoms. The lowest BCUT2D eigenvalue weighted by molar-refractivity contribution is -0.112. The average molecular weight is 426 g/mol. The molecule has 0 saturated heterocycles. The molecule has 0 spiro atoms. The molecule has 152 valence electrons. The highest BCUT2D eigenvalue weighted by Gasteiger charge is 2.16. The fourth-order valence-electron chi connectivity index (χ4n) is 3.67. The second kappa shape index (κ2) is 8.91. The highest BCUT2D eigenvalue weighted by atomic mass is 35.5. The lowest BCUT2D eigenvalue weighted by Gasteiger charge is -2.09. The summed E-state index contributed by atoms with van der Waals surface area (Å²) in [5.41, 5.74) is 4.67. The third kappa shape index (κ3) is 4.37. The van der Waals surface area contributed by atoms with Gasteiger partial charge in [-0.1, -0.05) is 66.2 Å². The van der Waals surface area contributed by atoms with E-state index in [1.54, 1.807) is 30.3 Å². The van der Waals surface area contributed by atoms with Gasteiger partial charge in [0.05, 0.1) is 0 Å². The summed E-state index contributed by atoms with van der Waals surface area (Å²) in [5.74, 6) is -0.468. The summed E-state index contributed by atoms with van der Waals surface area (Å²) in [7, 11) is 0. The molecule has 1 heterocycles. The molecule has 4 aromatic rings. The van der Waals surface area contributed by atoms with Crippen molar-refractivity contribution in [2.45, 2.75) is 13.5 Å². The highest BCUT2D eigenvalue weighted by Crippen LogP contribution is 2.29. The van der Waals surface area contributed by atoms with Gasteiger partial charge in [0.1, 0.15) is 11.6 Å². The summed E-state index contributed by atoms with van der Waals surface area (Å²) >= 11 is 5.99. The number of amides is 1. The monoisotopic (exact) mass is 425 g/mol. The molecule has 0 bridgehead atoms. The minimum atomic E-state index is -0.468. The maximum atomic E-state index is 12.8. The van der Waals surface area contributed by atoms with E-state index in [9.17, 15) is 10.1 Å². The normalized spacial score (nSPS) is 11.3. The van der Waals surface area contributed by atoms with Gasteiger partial charge < -0.3 is 9.88 Å². The first-order chi connectivity index (χ1) is 15.1. The van der Waals surface area contributed by atoms with E-state index in [1.807, 2.05) is 49.4 Å². The van der Waals surface area contributed by atoms with Gasteiger partial charge in [0.15, 0.2) is 0 Å². The van der Waals surface area contributed by atoms with Crippen LogP contribution in [0.5, 0.6) is 0 Å². The number of aromatic nitrogens is 1. The number of para-hydroxylation sites is 1. The van der Waals surface area contributed by atoms with Crippen LogP contribution in [0.3, 0.4) is 0 Å². The highest BCUT2D eigenvalue weighted by molar-refractivity contribution is 6.31. The van der Waals surface area contributed by atoms with Crippen molar-refractivity contribution in [2.24, 2.45) is 0 Å². The molecule has 5 heteroatoms. The second-order valence-corrected chi connectivity index (χ2v) is 7.66. The van der Waals surface area contributed by atoms with Crippen LogP contribution < -0.4 is 5.32 Å². The first kappa shape index (κ1) is 20.5. The Morgan fingerprint density at radius 2 is 1.81 bits per heavy atom. The third-order valence-corrected chi connectivity index (χ3v) is 5.43. The van der Waals surface area contributed by atoms with E-state index in [1.165, 1.54) is 5.56 Å². The number of anilines is 1. The summed E-state index contributed by atoms with van der Waals surface area (Å²) < 4.78 is 2.21. The molecule has 1 amide bonds. The minimum Gasteiger partial charge on any atom is -0.340 e. The van der Waals surface area contributed by atoms with Gasteiger partial charge in [-0.05, 0) is 42.8 Å². The van der Waals surface area contributed by atoms with Crippen molar-refractivity contribution in [3.8, 4) is 6.07 Å². The van der Waals surface area contributed by atoms with E-state index in [2.05, 4.69) is 28.1 Å². The van der Waals surface area contributed by atoms with E-state index < -0.39 is 5.91 Å². The lowest BCUT2D eigenvalue weighted by atomic mass is 10.1. The fourth-order valence-corrected chi connectivity index (χ4v) is 3.86. The quantitative estimate of drug-likeness (QED) is 0.306. The maximum Gasteiger partial charge on any atom is 0.266 e. The number of hydrogen-bond acceptors (Lipinski definition) is 2. The van der Waals surface area contributed by atoms with Gasteiger partial charge in [0.25, 0.3) is 5.91 Å². The number of rotatable bonds is 5. The van der Waals surface area contributed by atoms with Crippen molar-refractivity contribution in [1.29, 1.82) is 5.26 Å². The van der Waals surface area contributed by atoms with E-state index in [4.69, 9.17) is 11.6 Å². The number of benzene rings is 3. The number of hydrogen-bond donors (Lipinski definition) is 1. The van der Waals surface area contributed by atoms with Gasteiger partial charge in [-0.25, -0.2) is 0 Å². The Hall–Kier alpha value is -3.81. The Balaban J connectivity index is 1.74. The lowest BCUT2D eigenvalue weighted by Crippen LogP contribution is -2.13. The standard InChI is InChI=1S/C26H20ClN3O/c1-18-24(14-20(16-28)26(31)29-22-11-7-10-21(27)15-22)23-12-5-6-13-25(23)30(18)17-19-8-3-2-4-9-19/h2-15H,17H2,1H3,(H,29,31)/b20-14+. The molecule has 0 aliphatic heterocycles. The van der Waals surface area contributed by atoms with Gasteiger partial charge in [-0.15, -0.1) is 0 Å². The van der Waals surface area contributed by atoms with Crippen LogP contribution in [0.4, 0.5) is 5.69 Å². The zero-order valence-corrected chi connectivity index (χ0v) is 17.7. The van der Waals surface area contributed by atoms with Crippen LogP contribution >= 0.6 is 11.6 Å². The molecule has 0 unspecified atom stereocenters. The predicted octanol–water partition coefficient (Wildman–Crippen LogP) is 6.20. The molecule has 1 aromatic heterocycles. The van der Waals surface area contributed by atoms with E-state index in [0.29, 0.717) is 17.3 Å². The van der Waals surface area contributed by atoms with Crippen molar-refractivity contribution < 1.29 is 4.79 Å². The number of carbonyl (C=O) groups excluding carboxylic acids is 1. The van der Waals surface area contributed by atoms with Gasteiger partial charge in [0.2, 0.25) is 0 Å². The number of halogens is 1. The number of fused-ring (bicyclic) bond motifs is 1. The van der Waals surface area contributed by atoms with Crippen LogP contribution in [-0.4, -0.2) is 10.5 Å². The van der Waals surface area contributed by atoms with Crippen molar-refractivity contribution in [3.63, 3.8) is 0 Å². The number of nitrogens with one attached hydrogen (secondary N) is 1. The summed E-state index contributed by atoms with van der Waals surface area (Å²) in [6.07, 6.45) is 1.67. The SMILES string of the molecule is Cc1c(/C=C(\C#N)C(=O)Nc2cccc(Cl)c2)c2ccccc2n1Cc1ccccc1. The Morgan fingerprint density at radius 3 is 2.55 bits per heavy atom. The van der Waals surface area contributed by atoms with E-state index in [0.717, 1.165) is 22.2 Å². The van der Waals surface area contributed by atoms with E-state index in [-0.39, 0.29) is 5.57 Å². The molecule has 3 aromatic carbocycles. The zero-order valence-electron chi connectivity index (χ0n) is 17.0. The molecule has 4 nitrogen and oxygen atoms in total. The van der Waals surface area contributed by atoms with Crippen LogP contribution in [0, 0.1) is 18.3 Å². The average Bonchev–Trinajstić information content (AvgIpc) is 3.03. The van der Waals surface area contributed by atoms with Crippen LogP contribution in [0.2, 0.25) is 5.02 Å². The molecule has 0 aliphatic rings. The van der Waals surface area contributed by atoms with Crippen LogP contribution in [0.1, 0.15) is 16.8 Å². The summed E-state index contributed by atoms with van der Waals surface area (Å²) in [6.45, 7) is 2.72. The largest absolute Gasteiger partial charge is 0.340 e. The van der Waals surface area contributed by atoms with Gasteiger partial charge in [-0.3, -0.25) is 4.79 Å². The Kier molecular flexibility index (Phi) is 5.88. The summed E-state index contributed by atoms with van der Waals surface area (Å²) in [5, 5.41) is 13.9. The molecule has 0 saturated carbocycles. The van der Waals surface area contributed by atoms with E-state index >= 15 is 0 Å². The Morgan fingerprint density at radius 1 is 1.06 bits per heavy atom. The zero-order chi connectivity index (χ0) is 21.8. The predicted molar refractivity (Wildman–Crippen MR) is 126 cm³/mol. The van der Waals surface area contributed by atoms with Crippen molar-refractivity contribution in [2.75, 3.05) is 5.32 Å². The number of nitriles is 1. The van der Waals surface area contributed by atoms with Crippen LogP contribution in [0.25, 0.3) is 17.0 Å². The second-order valence-electron chi connectivity index (χ2n) is 7.22. The Labute approximate surface area is 186 Å². The molecule has 1 N–H and O–H groups in total. The van der Waals surface area contributed by atoms with Crippen LogP contribution in [-0.2, 0) is 11.3 Å². The summed E-state index contributed by atoms with van der Waals surface area (Å²) in [4.78, 5) is 12.8. The minimum absolute atomic E-state index is 0.0330. The fraction of sp³-hybridized carbons (Fsp3) is 0.0769. The maximum absolute atomic E-state index is 12.8. The smallest absolute Gasteiger partial charge is 0.266 e. The Bertz CT molecular complexity index is 1330. The summed E-state index contributed by atoms with van der Waals surface area (Å²) in [6, 6.07) is 27.1. The van der Waals surface area contributed by atoms with Gasteiger partial charge >= 0.3 is 0 Å². The van der Waals surface area contributed by atoms with Gasteiger partial charge in [-0.2, -0.15) is 5.26 Å². The molecule has 0 atom stereocenters. The molecular weight excluding hydrogens is 406 g/mol. The number of carbonyl (C=O) groups is 1. The topological polar surface area (TPSA) is 57.8 Å². The van der Waals surface area contributed by atoms with Gasteiger partial charge in [0, 0.05) is 39.4 Å². The third-order valence-electron chi connectivity index (χ3n) is 5.20. The number of nitrogens with zero attached hydrogens (tertiary/aromatic N) is 2. The molecule has 0 radical (unpaired) electrons. The van der Waals surface area contributed by atoms with Crippen molar-refractivity contribution >= 4 is 40.2 Å². The van der Waals surface area contributed by atoms with Crippen molar-refractivity contribution in [3.05, 3.63) is 106 Å². The molecular formula is C26H20ClN3O. The van der Waals surface area contributed by atoms with Crippen molar-refractivity contribution in [1.82, 2.24) is 4.57 Å². The van der Waals surface area contributed by atoms with Crippen LogP contribution in [0.15, 0.2) is 84.4 Å².